The van der Waals surface area contributed by atoms with Crippen LogP contribution in [-0.2, 0) is 11.2 Å². The van der Waals surface area contributed by atoms with Gasteiger partial charge in [-0.05, 0) is 38.4 Å². The fourth-order valence-electron chi connectivity index (χ4n) is 1.48. The van der Waals surface area contributed by atoms with E-state index in [1.807, 2.05) is 7.05 Å². The number of aryl methyl sites for hydroxylation is 1. The number of hydrogen-bond donors (Lipinski definition) is 1. The highest BCUT2D eigenvalue weighted by Crippen LogP contribution is 2.02. The zero-order valence-electron chi connectivity index (χ0n) is 9.54. The van der Waals surface area contributed by atoms with Crippen molar-refractivity contribution in [3.05, 3.63) is 35.9 Å². The van der Waals surface area contributed by atoms with Crippen molar-refractivity contribution in [2.24, 2.45) is 0 Å². The van der Waals surface area contributed by atoms with Crippen LogP contribution in [0.15, 0.2) is 30.3 Å². The summed E-state index contributed by atoms with van der Waals surface area (Å²) in [4.78, 5) is 0. The third-order valence-corrected chi connectivity index (χ3v) is 2.31. The molecular formula is C13H21NO. The summed E-state index contributed by atoms with van der Waals surface area (Å²) in [6.45, 7) is 2.78. The molecule has 84 valence electrons. The van der Waals surface area contributed by atoms with Crippen molar-refractivity contribution in [3.63, 3.8) is 0 Å². The van der Waals surface area contributed by atoms with E-state index in [4.69, 9.17) is 4.74 Å². The summed E-state index contributed by atoms with van der Waals surface area (Å²) in [5.74, 6) is 0. The molecule has 0 radical (unpaired) electrons. The first-order valence-electron chi connectivity index (χ1n) is 5.70. The summed E-state index contributed by atoms with van der Waals surface area (Å²) in [5.41, 5.74) is 1.40. The summed E-state index contributed by atoms with van der Waals surface area (Å²) >= 11 is 0. The van der Waals surface area contributed by atoms with Gasteiger partial charge < -0.3 is 10.1 Å². The summed E-state index contributed by atoms with van der Waals surface area (Å²) in [6, 6.07) is 10.6. The quantitative estimate of drug-likeness (QED) is 0.660. The molecule has 0 heterocycles. The average Bonchev–Trinajstić information content (AvgIpc) is 2.29. The van der Waals surface area contributed by atoms with E-state index in [-0.39, 0.29) is 0 Å². The Balaban J connectivity index is 1.93. The minimum absolute atomic E-state index is 0.871. The summed E-state index contributed by atoms with van der Waals surface area (Å²) in [6.07, 6.45) is 3.33. The Kier molecular flexibility index (Phi) is 6.88. The van der Waals surface area contributed by atoms with Crippen molar-refractivity contribution in [2.45, 2.75) is 19.3 Å². The second-order valence-corrected chi connectivity index (χ2v) is 3.66. The number of rotatable bonds is 8. The second kappa shape index (κ2) is 8.45. The minimum Gasteiger partial charge on any atom is -0.381 e. The van der Waals surface area contributed by atoms with Crippen LogP contribution in [0.2, 0.25) is 0 Å². The highest BCUT2D eigenvalue weighted by molar-refractivity contribution is 5.14. The van der Waals surface area contributed by atoms with Gasteiger partial charge in [-0.1, -0.05) is 30.3 Å². The van der Waals surface area contributed by atoms with Crippen LogP contribution >= 0.6 is 0 Å². The molecule has 0 saturated carbocycles. The lowest BCUT2D eigenvalue weighted by Gasteiger charge is -2.04. The van der Waals surface area contributed by atoms with Gasteiger partial charge in [0.05, 0.1) is 0 Å². The standard InChI is InChI=1S/C13H21NO/c1-14-10-6-12-15-11-5-9-13-7-3-2-4-8-13/h2-4,7-8,14H,5-6,9-12H2,1H3. The fraction of sp³-hybridized carbons (Fsp3) is 0.538. The molecular weight excluding hydrogens is 186 g/mol. The van der Waals surface area contributed by atoms with Gasteiger partial charge in [0.15, 0.2) is 0 Å². The molecule has 1 rings (SSSR count). The monoisotopic (exact) mass is 207 g/mol. The maximum absolute atomic E-state index is 5.52. The van der Waals surface area contributed by atoms with Gasteiger partial charge in [-0.15, -0.1) is 0 Å². The second-order valence-electron chi connectivity index (χ2n) is 3.66. The molecule has 15 heavy (non-hydrogen) atoms. The SMILES string of the molecule is CNCCCOCCCc1ccccc1. The molecule has 0 saturated heterocycles. The molecule has 0 aromatic heterocycles. The summed E-state index contributed by atoms with van der Waals surface area (Å²) in [7, 11) is 1.97. The first-order valence-corrected chi connectivity index (χ1v) is 5.70. The average molecular weight is 207 g/mol. The molecule has 0 amide bonds. The zero-order chi connectivity index (χ0) is 10.8. The Labute approximate surface area is 92.6 Å². The molecule has 0 bridgehead atoms. The summed E-state index contributed by atoms with van der Waals surface area (Å²) < 4.78 is 5.52. The van der Waals surface area contributed by atoms with E-state index in [0.29, 0.717) is 0 Å². The predicted octanol–water partition coefficient (Wildman–Crippen LogP) is 2.25. The lowest BCUT2D eigenvalue weighted by Crippen LogP contribution is -2.10. The van der Waals surface area contributed by atoms with Crippen LogP contribution in [-0.4, -0.2) is 26.8 Å². The number of ether oxygens (including phenoxy) is 1. The van der Waals surface area contributed by atoms with Crippen molar-refractivity contribution in [3.8, 4) is 0 Å². The Bertz CT molecular complexity index is 236. The molecule has 1 aromatic carbocycles. The molecule has 1 aromatic rings. The lowest BCUT2D eigenvalue weighted by molar-refractivity contribution is 0.130. The molecule has 0 unspecified atom stereocenters. The first kappa shape index (κ1) is 12.2. The van der Waals surface area contributed by atoms with Gasteiger partial charge in [-0.25, -0.2) is 0 Å². The first-order chi connectivity index (χ1) is 7.43. The van der Waals surface area contributed by atoms with E-state index >= 15 is 0 Å². The van der Waals surface area contributed by atoms with Crippen LogP contribution < -0.4 is 5.32 Å². The Hall–Kier alpha value is -0.860. The van der Waals surface area contributed by atoms with Crippen LogP contribution in [0.25, 0.3) is 0 Å². The van der Waals surface area contributed by atoms with Gasteiger partial charge in [0.2, 0.25) is 0 Å². The zero-order valence-corrected chi connectivity index (χ0v) is 9.54. The lowest BCUT2D eigenvalue weighted by atomic mass is 10.1. The van der Waals surface area contributed by atoms with E-state index in [1.165, 1.54) is 5.56 Å². The Morgan fingerprint density at radius 2 is 1.80 bits per heavy atom. The van der Waals surface area contributed by atoms with Crippen molar-refractivity contribution < 1.29 is 4.74 Å². The molecule has 0 aliphatic heterocycles. The maximum Gasteiger partial charge on any atom is 0.0478 e. The fourth-order valence-corrected chi connectivity index (χ4v) is 1.48. The van der Waals surface area contributed by atoms with E-state index in [0.717, 1.165) is 39.0 Å². The summed E-state index contributed by atoms with van der Waals surface area (Å²) in [5, 5.41) is 3.10. The Morgan fingerprint density at radius 3 is 2.53 bits per heavy atom. The highest BCUT2D eigenvalue weighted by atomic mass is 16.5. The van der Waals surface area contributed by atoms with Crippen LogP contribution in [0.5, 0.6) is 0 Å². The largest absolute Gasteiger partial charge is 0.381 e. The Morgan fingerprint density at radius 1 is 1.07 bits per heavy atom. The molecule has 0 spiro atoms. The number of benzene rings is 1. The molecule has 2 heteroatoms. The predicted molar refractivity (Wildman–Crippen MR) is 64.1 cm³/mol. The van der Waals surface area contributed by atoms with E-state index < -0.39 is 0 Å². The number of hydrogen-bond acceptors (Lipinski definition) is 2. The van der Waals surface area contributed by atoms with Crippen LogP contribution in [0.1, 0.15) is 18.4 Å². The third-order valence-electron chi connectivity index (χ3n) is 2.31. The van der Waals surface area contributed by atoms with Gasteiger partial charge in [0, 0.05) is 13.2 Å². The van der Waals surface area contributed by atoms with Crippen LogP contribution in [0.4, 0.5) is 0 Å². The molecule has 0 aliphatic carbocycles. The van der Waals surface area contributed by atoms with Crippen molar-refractivity contribution in [1.82, 2.24) is 5.32 Å². The topological polar surface area (TPSA) is 21.3 Å². The van der Waals surface area contributed by atoms with Crippen molar-refractivity contribution >= 4 is 0 Å². The molecule has 0 fully saturated rings. The number of nitrogens with one attached hydrogen (secondary N) is 1. The maximum atomic E-state index is 5.52. The van der Waals surface area contributed by atoms with Gasteiger partial charge in [-0.3, -0.25) is 0 Å². The normalized spacial score (nSPS) is 10.5. The van der Waals surface area contributed by atoms with Gasteiger partial charge in [0.1, 0.15) is 0 Å². The molecule has 0 aliphatic rings. The van der Waals surface area contributed by atoms with E-state index in [2.05, 4.69) is 35.6 Å². The van der Waals surface area contributed by atoms with Crippen molar-refractivity contribution in [1.29, 1.82) is 0 Å². The van der Waals surface area contributed by atoms with E-state index in [1.54, 1.807) is 0 Å². The van der Waals surface area contributed by atoms with E-state index in [9.17, 15) is 0 Å². The smallest absolute Gasteiger partial charge is 0.0478 e. The van der Waals surface area contributed by atoms with Gasteiger partial charge in [-0.2, -0.15) is 0 Å². The third kappa shape index (κ3) is 6.26. The molecule has 1 N–H and O–H groups in total. The highest BCUT2D eigenvalue weighted by Gasteiger charge is 1.92. The van der Waals surface area contributed by atoms with Crippen molar-refractivity contribution in [2.75, 3.05) is 26.8 Å². The van der Waals surface area contributed by atoms with Gasteiger partial charge in [0.25, 0.3) is 0 Å². The molecule has 0 atom stereocenters. The van der Waals surface area contributed by atoms with Gasteiger partial charge >= 0.3 is 0 Å². The minimum atomic E-state index is 0.871. The van der Waals surface area contributed by atoms with Crippen LogP contribution in [0.3, 0.4) is 0 Å². The van der Waals surface area contributed by atoms with Crippen LogP contribution in [0, 0.1) is 0 Å². The molecule has 2 nitrogen and oxygen atoms in total.